The number of nitrogens with two attached hydrogens (primary N) is 1. The van der Waals surface area contributed by atoms with Crippen LogP contribution in [-0.4, -0.2) is 5.84 Å². The topological polar surface area (TPSA) is 49.9 Å². The van der Waals surface area contributed by atoms with Crippen LogP contribution < -0.4 is 5.73 Å². The summed E-state index contributed by atoms with van der Waals surface area (Å²) in [5, 5.41) is 7.66. The Morgan fingerprint density at radius 3 is 2.61 bits per heavy atom. The summed E-state index contributed by atoms with van der Waals surface area (Å²) in [6, 6.07) is 14.1. The minimum Gasteiger partial charge on any atom is -0.384 e. The molecule has 18 heavy (non-hydrogen) atoms. The van der Waals surface area contributed by atoms with E-state index in [1.807, 2.05) is 24.3 Å². The second kappa shape index (κ2) is 5.59. The fraction of sp³-hybridized carbons (Fsp3) is 0.0714. The number of benzene rings is 2. The van der Waals surface area contributed by atoms with Crippen molar-refractivity contribution < 1.29 is 0 Å². The van der Waals surface area contributed by atoms with E-state index in [-0.39, 0.29) is 5.84 Å². The lowest BCUT2D eigenvalue weighted by molar-refractivity contribution is 1.30. The van der Waals surface area contributed by atoms with E-state index in [1.54, 1.807) is 11.8 Å². The van der Waals surface area contributed by atoms with Crippen LogP contribution in [-0.2, 0) is 0 Å². The molecule has 3 N–H and O–H groups in total. The van der Waals surface area contributed by atoms with Gasteiger partial charge in [-0.3, -0.25) is 5.41 Å². The summed E-state index contributed by atoms with van der Waals surface area (Å²) >= 11 is 5.06. The first-order valence-corrected chi connectivity index (χ1v) is 7.06. The second-order valence-corrected chi connectivity index (χ2v) is 5.91. The van der Waals surface area contributed by atoms with Crippen LogP contribution in [0.15, 0.2) is 56.7 Å². The van der Waals surface area contributed by atoms with E-state index in [9.17, 15) is 0 Å². The maximum atomic E-state index is 7.66. The molecule has 0 spiro atoms. The van der Waals surface area contributed by atoms with Crippen molar-refractivity contribution in [2.24, 2.45) is 5.73 Å². The Bertz CT molecular complexity index is 596. The fourth-order valence-corrected chi connectivity index (χ4v) is 3.48. The minimum absolute atomic E-state index is 0.0811. The Labute approximate surface area is 119 Å². The maximum absolute atomic E-state index is 7.66. The van der Waals surface area contributed by atoms with Gasteiger partial charge in [0.15, 0.2) is 0 Å². The zero-order chi connectivity index (χ0) is 13.1. The second-order valence-electron chi connectivity index (χ2n) is 3.95. The average molecular weight is 321 g/mol. The van der Waals surface area contributed by atoms with Crippen LogP contribution in [0.4, 0.5) is 0 Å². The zero-order valence-electron chi connectivity index (χ0n) is 9.91. The highest BCUT2D eigenvalue weighted by Gasteiger charge is 2.10. The largest absolute Gasteiger partial charge is 0.384 e. The third-order valence-corrected chi connectivity index (χ3v) is 4.17. The molecule has 0 aliphatic heterocycles. The van der Waals surface area contributed by atoms with Gasteiger partial charge in [-0.1, -0.05) is 35.5 Å². The lowest BCUT2D eigenvalue weighted by Crippen LogP contribution is -2.13. The summed E-state index contributed by atoms with van der Waals surface area (Å²) in [6.45, 7) is 2.07. The maximum Gasteiger partial charge on any atom is 0.125 e. The molecule has 0 aromatic heterocycles. The summed E-state index contributed by atoms with van der Waals surface area (Å²) < 4.78 is 0.854. The molecule has 0 radical (unpaired) electrons. The highest BCUT2D eigenvalue weighted by atomic mass is 79.9. The Kier molecular flexibility index (Phi) is 4.09. The van der Waals surface area contributed by atoms with Gasteiger partial charge in [-0.05, 0) is 47.1 Å². The van der Waals surface area contributed by atoms with Crippen molar-refractivity contribution in [1.29, 1.82) is 5.41 Å². The van der Waals surface area contributed by atoms with E-state index < -0.39 is 0 Å². The first-order chi connectivity index (χ1) is 8.58. The van der Waals surface area contributed by atoms with Gasteiger partial charge in [0.2, 0.25) is 0 Å². The third kappa shape index (κ3) is 2.94. The molecule has 0 atom stereocenters. The number of aryl methyl sites for hydroxylation is 1. The lowest BCUT2D eigenvalue weighted by Gasteiger charge is -2.10. The molecule has 2 rings (SSSR count). The van der Waals surface area contributed by atoms with Crippen molar-refractivity contribution in [2.75, 3.05) is 0 Å². The van der Waals surface area contributed by atoms with Crippen molar-refractivity contribution in [2.45, 2.75) is 16.7 Å². The molecule has 4 heteroatoms. The van der Waals surface area contributed by atoms with Crippen LogP contribution in [0.5, 0.6) is 0 Å². The van der Waals surface area contributed by atoms with Gasteiger partial charge >= 0.3 is 0 Å². The molecule has 2 aromatic carbocycles. The molecule has 0 saturated carbocycles. The number of halogens is 1. The van der Waals surface area contributed by atoms with Crippen molar-refractivity contribution in [3.05, 3.63) is 58.1 Å². The number of rotatable bonds is 3. The van der Waals surface area contributed by atoms with E-state index >= 15 is 0 Å². The SMILES string of the molecule is Cc1cccc(Sc2cccc(Br)c2C(=N)N)c1. The summed E-state index contributed by atoms with van der Waals surface area (Å²) in [7, 11) is 0. The van der Waals surface area contributed by atoms with Gasteiger partial charge in [-0.2, -0.15) is 0 Å². The third-order valence-electron chi connectivity index (χ3n) is 2.46. The van der Waals surface area contributed by atoms with E-state index in [4.69, 9.17) is 11.1 Å². The van der Waals surface area contributed by atoms with Gasteiger partial charge in [0, 0.05) is 19.8 Å². The molecular formula is C14H13BrN2S. The molecule has 0 unspecified atom stereocenters. The van der Waals surface area contributed by atoms with E-state index in [0.717, 1.165) is 19.8 Å². The van der Waals surface area contributed by atoms with E-state index in [0.29, 0.717) is 0 Å². The Morgan fingerprint density at radius 1 is 1.22 bits per heavy atom. The van der Waals surface area contributed by atoms with Crippen LogP contribution >= 0.6 is 27.7 Å². The van der Waals surface area contributed by atoms with E-state index in [2.05, 4.69) is 41.1 Å². The summed E-state index contributed by atoms with van der Waals surface area (Å²) in [6.07, 6.45) is 0. The number of hydrogen-bond donors (Lipinski definition) is 2. The van der Waals surface area contributed by atoms with Crippen LogP contribution in [0, 0.1) is 12.3 Å². The molecule has 0 fully saturated rings. The minimum atomic E-state index is 0.0811. The smallest absolute Gasteiger partial charge is 0.125 e. The van der Waals surface area contributed by atoms with Gasteiger partial charge in [-0.15, -0.1) is 0 Å². The number of nitrogen functional groups attached to an aromatic ring is 1. The molecule has 92 valence electrons. The Hall–Kier alpha value is -1.26. The Balaban J connectivity index is 2.40. The van der Waals surface area contributed by atoms with Gasteiger partial charge in [-0.25, -0.2) is 0 Å². The molecule has 0 amide bonds. The standard InChI is InChI=1S/C14H13BrN2S/c1-9-4-2-5-10(8-9)18-12-7-3-6-11(15)13(12)14(16)17/h2-8H,1H3,(H3,16,17). The van der Waals surface area contributed by atoms with Crippen molar-refractivity contribution in [1.82, 2.24) is 0 Å². The molecule has 0 heterocycles. The molecule has 2 nitrogen and oxygen atoms in total. The normalized spacial score (nSPS) is 10.3. The predicted molar refractivity (Wildman–Crippen MR) is 80.5 cm³/mol. The van der Waals surface area contributed by atoms with Gasteiger partial charge in [0.1, 0.15) is 5.84 Å². The quantitative estimate of drug-likeness (QED) is 0.658. The Morgan fingerprint density at radius 2 is 1.94 bits per heavy atom. The van der Waals surface area contributed by atoms with Crippen LogP contribution in [0.1, 0.15) is 11.1 Å². The van der Waals surface area contributed by atoms with Crippen molar-refractivity contribution in [3.8, 4) is 0 Å². The monoisotopic (exact) mass is 320 g/mol. The van der Waals surface area contributed by atoms with Gasteiger partial charge in [0.25, 0.3) is 0 Å². The summed E-state index contributed by atoms with van der Waals surface area (Å²) in [5.74, 6) is 0.0811. The van der Waals surface area contributed by atoms with Crippen LogP contribution in [0.2, 0.25) is 0 Å². The molecule has 0 bridgehead atoms. The van der Waals surface area contributed by atoms with Gasteiger partial charge < -0.3 is 5.73 Å². The lowest BCUT2D eigenvalue weighted by atomic mass is 10.2. The number of nitrogens with one attached hydrogen (secondary N) is 1. The molecule has 0 aliphatic carbocycles. The molecule has 0 aliphatic rings. The van der Waals surface area contributed by atoms with Crippen LogP contribution in [0.25, 0.3) is 0 Å². The average Bonchev–Trinajstić information content (AvgIpc) is 2.28. The zero-order valence-corrected chi connectivity index (χ0v) is 12.3. The van der Waals surface area contributed by atoms with E-state index in [1.165, 1.54) is 5.56 Å². The van der Waals surface area contributed by atoms with Crippen LogP contribution in [0.3, 0.4) is 0 Å². The number of amidine groups is 1. The predicted octanol–water partition coefficient (Wildman–Crippen LogP) is 4.19. The van der Waals surface area contributed by atoms with Crippen molar-refractivity contribution in [3.63, 3.8) is 0 Å². The molecule has 0 saturated heterocycles. The molecule has 2 aromatic rings. The van der Waals surface area contributed by atoms with Crippen molar-refractivity contribution >= 4 is 33.5 Å². The van der Waals surface area contributed by atoms with Gasteiger partial charge in [0.05, 0.1) is 0 Å². The highest BCUT2D eigenvalue weighted by molar-refractivity contribution is 9.10. The summed E-state index contributed by atoms with van der Waals surface area (Å²) in [4.78, 5) is 2.14. The highest BCUT2D eigenvalue weighted by Crippen LogP contribution is 2.33. The number of hydrogen-bond acceptors (Lipinski definition) is 2. The fourth-order valence-electron chi connectivity index (χ4n) is 1.66. The summed E-state index contributed by atoms with van der Waals surface area (Å²) in [5.41, 5.74) is 7.61. The first-order valence-electron chi connectivity index (χ1n) is 5.45. The first kappa shape index (κ1) is 13.2. The molecular weight excluding hydrogens is 308 g/mol.